The van der Waals surface area contributed by atoms with Crippen molar-refractivity contribution in [3.8, 4) is 0 Å². The molecular weight excluding hydrogens is 578 g/mol. The zero-order valence-electron chi connectivity index (χ0n) is 20.6. The van der Waals surface area contributed by atoms with E-state index < -0.39 is 28.5 Å². The number of sulfonamides is 1. The number of nitrogens with zero attached hydrogens (tertiary/aromatic N) is 2. The van der Waals surface area contributed by atoms with Crippen LogP contribution < -0.4 is 9.62 Å². The predicted molar refractivity (Wildman–Crippen MR) is 151 cm³/mol. The molecule has 10 heteroatoms. The first-order valence-electron chi connectivity index (χ1n) is 11.7. The molecule has 0 saturated heterocycles. The molecule has 196 valence electrons. The lowest BCUT2D eigenvalue weighted by Gasteiger charge is -2.33. The van der Waals surface area contributed by atoms with Crippen LogP contribution in [0, 0.1) is 0 Å². The van der Waals surface area contributed by atoms with E-state index >= 15 is 0 Å². The molecule has 3 aromatic carbocycles. The molecule has 0 saturated carbocycles. The number of halogens is 2. The van der Waals surface area contributed by atoms with Gasteiger partial charge in [-0.25, -0.2) is 8.42 Å². The van der Waals surface area contributed by atoms with Crippen molar-refractivity contribution in [2.45, 2.75) is 25.9 Å². The van der Waals surface area contributed by atoms with Crippen LogP contribution in [0.4, 0.5) is 5.69 Å². The second kappa shape index (κ2) is 13.1. The Balaban J connectivity index is 2.02. The van der Waals surface area contributed by atoms with Crippen LogP contribution in [0.1, 0.15) is 18.1 Å². The third-order valence-electron chi connectivity index (χ3n) is 5.68. The Morgan fingerprint density at radius 3 is 2.14 bits per heavy atom. The van der Waals surface area contributed by atoms with Gasteiger partial charge in [0.2, 0.25) is 21.8 Å². The molecule has 37 heavy (non-hydrogen) atoms. The highest BCUT2D eigenvalue weighted by Gasteiger charge is 2.32. The van der Waals surface area contributed by atoms with Gasteiger partial charge in [0.05, 0.1) is 11.9 Å². The number of rotatable bonds is 11. The Morgan fingerprint density at radius 1 is 0.946 bits per heavy atom. The Morgan fingerprint density at radius 2 is 1.57 bits per heavy atom. The summed E-state index contributed by atoms with van der Waals surface area (Å²) in [5.74, 6) is -0.815. The topological polar surface area (TPSA) is 86.8 Å². The van der Waals surface area contributed by atoms with Crippen LogP contribution in [0.15, 0.2) is 83.3 Å². The van der Waals surface area contributed by atoms with E-state index in [0.29, 0.717) is 17.3 Å². The minimum absolute atomic E-state index is 0.124. The van der Waals surface area contributed by atoms with Gasteiger partial charge in [0.25, 0.3) is 0 Å². The third-order valence-corrected chi connectivity index (χ3v) is 7.60. The lowest BCUT2D eigenvalue weighted by molar-refractivity contribution is -0.140. The standard InChI is InChI=1S/C27H29BrClN3O4S/c1-3-30-27(34)25(17-20-7-5-4-6-8-20)31(18-21-9-11-22(28)12-10-21)26(33)19-32(37(2,35)36)24-15-13-23(29)14-16-24/h4-16,25H,3,17-19H2,1-2H3,(H,30,34)/t25-/m0/s1. The Hall–Kier alpha value is -2.88. The molecule has 0 radical (unpaired) electrons. The molecule has 0 aromatic heterocycles. The highest BCUT2D eigenvalue weighted by molar-refractivity contribution is 9.10. The van der Waals surface area contributed by atoms with Crippen LogP contribution in [-0.2, 0) is 32.6 Å². The van der Waals surface area contributed by atoms with E-state index in [-0.39, 0.29) is 18.9 Å². The van der Waals surface area contributed by atoms with Crippen molar-refractivity contribution in [2.75, 3.05) is 23.7 Å². The molecule has 2 amide bonds. The van der Waals surface area contributed by atoms with Crippen molar-refractivity contribution in [1.29, 1.82) is 0 Å². The summed E-state index contributed by atoms with van der Waals surface area (Å²) in [5.41, 5.74) is 1.99. The minimum atomic E-state index is -3.82. The number of hydrogen-bond acceptors (Lipinski definition) is 4. The van der Waals surface area contributed by atoms with E-state index in [0.717, 1.165) is 26.2 Å². The molecule has 0 fully saturated rings. The fourth-order valence-electron chi connectivity index (χ4n) is 3.85. The maximum Gasteiger partial charge on any atom is 0.244 e. The van der Waals surface area contributed by atoms with Crippen molar-refractivity contribution in [1.82, 2.24) is 10.2 Å². The molecule has 0 heterocycles. The predicted octanol–water partition coefficient (Wildman–Crippen LogP) is 4.64. The summed E-state index contributed by atoms with van der Waals surface area (Å²) in [4.78, 5) is 28.6. The smallest absolute Gasteiger partial charge is 0.244 e. The van der Waals surface area contributed by atoms with E-state index in [1.807, 2.05) is 61.5 Å². The van der Waals surface area contributed by atoms with Crippen molar-refractivity contribution in [3.63, 3.8) is 0 Å². The van der Waals surface area contributed by atoms with Crippen LogP contribution in [0.25, 0.3) is 0 Å². The van der Waals surface area contributed by atoms with Gasteiger partial charge in [0, 0.05) is 29.0 Å². The van der Waals surface area contributed by atoms with Gasteiger partial charge < -0.3 is 10.2 Å². The van der Waals surface area contributed by atoms with Crippen LogP contribution >= 0.6 is 27.5 Å². The zero-order chi connectivity index (χ0) is 27.0. The number of anilines is 1. The maximum absolute atomic E-state index is 13.9. The average Bonchev–Trinajstić information content (AvgIpc) is 2.86. The number of hydrogen-bond donors (Lipinski definition) is 1. The fraction of sp³-hybridized carbons (Fsp3) is 0.259. The summed E-state index contributed by atoms with van der Waals surface area (Å²) in [6, 6.07) is 22.2. The van der Waals surface area contributed by atoms with Crippen molar-refractivity contribution >= 4 is 55.1 Å². The molecule has 3 rings (SSSR count). The minimum Gasteiger partial charge on any atom is -0.355 e. The third kappa shape index (κ3) is 8.31. The van der Waals surface area contributed by atoms with Gasteiger partial charge in [0.15, 0.2) is 0 Å². The molecular formula is C27H29BrClN3O4S. The molecule has 0 aliphatic carbocycles. The first-order valence-corrected chi connectivity index (χ1v) is 14.7. The summed E-state index contributed by atoms with van der Waals surface area (Å²) in [5, 5.41) is 3.27. The lowest BCUT2D eigenvalue weighted by Crippen LogP contribution is -2.53. The van der Waals surface area contributed by atoms with Gasteiger partial charge in [-0.3, -0.25) is 13.9 Å². The summed E-state index contributed by atoms with van der Waals surface area (Å²) >= 11 is 9.40. The van der Waals surface area contributed by atoms with Crippen molar-refractivity contribution < 1.29 is 18.0 Å². The SMILES string of the molecule is CCNC(=O)[C@H](Cc1ccccc1)N(Cc1ccc(Br)cc1)C(=O)CN(c1ccc(Cl)cc1)S(C)(=O)=O. The van der Waals surface area contributed by atoms with E-state index in [9.17, 15) is 18.0 Å². The first-order chi connectivity index (χ1) is 17.6. The number of likely N-dealkylation sites (N-methyl/N-ethyl adjacent to an activating group) is 1. The van der Waals surface area contributed by atoms with Gasteiger partial charge in [0.1, 0.15) is 12.6 Å². The number of carbonyl (C=O) groups is 2. The number of carbonyl (C=O) groups excluding carboxylic acids is 2. The quantitative estimate of drug-likeness (QED) is 0.345. The van der Waals surface area contributed by atoms with Crippen molar-refractivity contribution in [2.24, 2.45) is 0 Å². The molecule has 1 N–H and O–H groups in total. The Labute approximate surface area is 231 Å². The number of benzene rings is 3. The average molecular weight is 607 g/mol. The molecule has 3 aromatic rings. The summed E-state index contributed by atoms with van der Waals surface area (Å²) in [7, 11) is -3.82. The Kier molecular flexibility index (Phi) is 10.1. The molecule has 7 nitrogen and oxygen atoms in total. The highest BCUT2D eigenvalue weighted by Crippen LogP contribution is 2.22. The van der Waals surface area contributed by atoms with E-state index in [1.54, 1.807) is 24.3 Å². The fourth-order valence-corrected chi connectivity index (χ4v) is 5.09. The number of amides is 2. The molecule has 0 aliphatic rings. The summed E-state index contributed by atoms with van der Waals surface area (Å²) in [6.45, 7) is 1.86. The van der Waals surface area contributed by atoms with E-state index in [4.69, 9.17) is 11.6 Å². The highest BCUT2D eigenvalue weighted by atomic mass is 79.9. The normalized spacial score (nSPS) is 12.0. The van der Waals surface area contributed by atoms with Gasteiger partial charge >= 0.3 is 0 Å². The van der Waals surface area contributed by atoms with E-state index in [2.05, 4.69) is 21.2 Å². The van der Waals surface area contributed by atoms with Crippen LogP contribution in [0.5, 0.6) is 0 Å². The molecule has 0 aliphatic heterocycles. The molecule has 0 unspecified atom stereocenters. The largest absolute Gasteiger partial charge is 0.355 e. The molecule has 1 atom stereocenters. The Bertz CT molecular complexity index is 1300. The summed E-state index contributed by atoms with van der Waals surface area (Å²) < 4.78 is 27.3. The van der Waals surface area contributed by atoms with Gasteiger partial charge in [-0.1, -0.05) is 70.0 Å². The number of nitrogens with one attached hydrogen (secondary N) is 1. The monoisotopic (exact) mass is 605 g/mol. The molecule has 0 bridgehead atoms. The first kappa shape index (κ1) is 28.7. The van der Waals surface area contributed by atoms with Gasteiger partial charge in [-0.15, -0.1) is 0 Å². The maximum atomic E-state index is 13.9. The zero-order valence-corrected chi connectivity index (χ0v) is 23.8. The second-order valence-electron chi connectivity index (χ2n) is 8.49. The van der Waals surface area contributed by atoms with Crippen LogP contribution in [0.2, 0.25) is 5.02 Å². The van der Waals surface area contributed by atoms with Gasteiger partial charge in [-0.05, 0) is 54.4 Å². The molecule has 0 spiro atoms. The second-order valence-corrected chi connectivity index (χ2v) is 11.8. The lowest BCUT2D eigenvalue weighted by atomic mass is 10.0. The summed E-state index contributed by atoms with van der Waals surface area (Å²) in [6.07, 6.45) is 1.31. The van der Waals surface area contributed by atoms with Gasteiger partial charge in [-0.2, -0.15) is 0 Å². The van der Waals surface area contributed by atoms with Crippen LogP contribution in [-0.4, -0.2) is 50.5 Å². The van der Waals surface area contributed by atoms with Crippen molar-refractivity contribution in [3.05, 3.63) is 99.5 Å². The van der Waals surface area contributed by atoms with Crippen LogP contribution in [0.3, 0.4) is 0 Å². The van der Waals surface area contributed by atoms with E-state index in [1.165, 1.54) is 4.90 Å².